The van der Waals surface area contributed by atoms with Crippen molar-refractivity contribution in [2.45, 2.75) is 27.4 Å². The standard InChI is InChI=1S/C17H17BrO4/c1-9-6-15(19)22-16-10(2)17-13(7-12(9)16)14(11(3)21-17)8-20-5-4-18/h6-7H,4-5,8H2,1-3H3. The monoisotopic (exact) mass is 364 g/mol. The van der Waals surface area contributed by atoms with E-state index in [0.717, 1.165) is 44.1 Å². The highest BCUT2D eigenvalue weighted by atomic mass is 79.9. The van der Waals surface area contributed by atoms with Crippen LogP contribution in [0.4, 0.5) is 0 Å². The Balaban J connectivity index is 2.28. The molecule has 0 bridgehead atoms. The molecular weight excluding hydrogens is 348 g/mol. The average Bonchev–Trinajstić information content (AvgIpc) is 2.78. The van der Waals surface area contributed by atoms with Crippen molar-refractivity contribution in [3.63, 3.8) is 0 Å². The van der Waals surface area contributed by atoms with Gasteiger partial charge >= 0.3 is 5.63 Å². The molecule has 3 aromatic rings. The van der Waals surface area contributed by atoms with Gasteiger partial charge in [-0.1, -0.05) is 15.9 Å². The third kappa shape index (κ3) is 2.48. The van der Waals surface area contributed by atoms with Gasteiger partial charge in [0.15, 0.2) is 0 Å². The minimum Gasteiger partial charge on any atom is -0.461 e. The number of fused-ring (bicyclic) bond motifs is 2. The van der Waals surface area contributed by atoms with Gasteiger partial charge in [-0.3, -0.25) is 0 Å². The topological polar surface area (TPSA) is 52.6 Å². The fourth-order valence-corrected chi connectivity index (χ4v) is 2.99. The van der Waals surface area contributed by atoms with Crippen molar-refractivity contribution < 1.29 is 13.6 Å². The van der Waals surface area contributed by atoms with Crippen LogP contribution in [0.5, 0.6) is 0 Å². The van der Waals surface area contributed by atoms with Crippen LogP contribution in [-0.2, 0) is 11.3 Å². The number of furan rings is 1. The Morgan fingerprint density at radius 2 is 1.82 bits per heavy atom. The lowest BCUT2D eigenvalue weighted by molar-refractivity contribution is 0.137. The molecule has 2 aromatic heterocycles. The van der Waals surface area contributed by atoms with Crippen molar-refractivity contribution in [3.8, 4) is 0 Å². The van der Waals surface area contributed by atoms with Gasteiger partial charge in [0.2, 0.25) is 0 Å². The zero-order chi connectivity index (χ0) is 15.9. The van der Waals surface area contributed by atoms with Gasteiger partial charge in [0, 0.05) is 33.3 Å². The van der Waals surface area contributed by atoms with Crippen molar-refractivity contribution in [2.24, 2.45) is 0 Å². The summed E-state index contributed by atoms with van der Waals surface area (Å²) in [4.78, 5) is 11.6. The van der Waals surface area contributed by atoms with Gasteiger partial charge < -0.3 is 13.6 Å². The van der Waals surface area contributed by atoms with Crippen molar-refractivity contribution in [1.29, 1.82) is 0 Å². The molecule has 0 fully saturated rings. The molecule has 0 saturated heterocycles. The SMILES string of the molecule is Cc1oc2c(C)c3oc(=O)cc(C)c3cc2c1COCCBr. The lowest BCUT2D eigenvalue weighted by atomic mass is 10.0. The van der Waals surface area contributed by atoms with Gasteiger partial charge in [-0.25, -0.2) is 4.79 Å². The van der Waals surface area contributed by atoms with Crippen molar-refractivity contribution in [2.75, 3.05) is 11.9 Å². The molecule has 4 nitrogen and oxygen atoms in total. The van der Waals surface area contributed by atoms with Crippen LogP contribution < -0.4 is 5.63 Å². The zero-order valence-corrected chi connectivity index (χ0v) is 14.4. The highest BCUT2D eigenvalue weighted by Crippen LogP contribution is 2.34. The van der Waals surface area contributed by atoms with E-state index >= 15 is 0 Å². The number of hydrogen-bond acceptors (Lipinski definition) is 4. The van der Waals surface area contributed by atoms with E-state index in [1.807, 2.05) is 26.8 Å². The summed E-state index contributed by atoms with van der Waals surface area (Å²) < 4.78 is 16.9. The third-order valence-electron chi connectivity index (χ3n) is 3.89. The van der Waals surface area contributed by atoms with Crippen LogP contribution in [0.2, 0.25) is 0 Å². The molecule has 3 rings (SSSR count). The van der Waals surface area contributed by atoms with Crippen molar-refractivity contribution >= 4 is 37.9 Å². The molecule has 0 saturated carbocycles. The first-order chi connectivity index (χ1) is 10.5. The Hall–Kier alpha value is -1.59. The molecule has 1 aromatic carbocycles. The third-order valence-corrected chi connectivity index (χ3v) is 4.22. The maximum Gasteiger partial charge on any atom is 0.336 e. The van der Waals surface area contributed by atoms with E-state index in [-0.39, 0.29) is 5.63 Å². The Morgan fingerprint density at radius 1 is 1.09 bits per heavy atom. The molecule has 0 unspecified atom stereocenters. The molecule has 116 valence electrons. The number of hydrogen-bond donors (Lipinski definition) is 0. The number of alkyl halides is 1. The molecule has 0 N–H and O–H groups in total. The molecular formula is C17H17BrO4. The molecule has 0 aliphatic rings. The lowest BCUT2D eigenvalue weighted by Gasteiger charge is -2.05. The predicted molar refractivity (Wildman–Crippen MR) is 89.9 cm³/mol. The normalized spacial score (nSPS) is 11.6. The summed E-state index contributed by atoms with van der Waals surface area (Å²) in [6.07, 6.45) is 0. The van der Waals surface area contributed by atoms with Crippen LogP contribution in [-0.4, -0.2) is 11.9 Å². The molecule has 0 spiro atoms. The fourth-order valence-electron chi connectivity index (χ4n) is 2.76. The number of benzene rings is 1. The minimum absolute atomic E-state index is 0.336. The zero-order valence-electron chi connectivity index (χ0n) is 12.8. The number of ether oxygens (including phenoxy) is 1. The van der Waals surface area contributed by atoms with Crippen molar-refractivity contribution in [3.05, 3.63) is 45.0 Å². The number of aryl methyl sites for hydroxylation is 3. The Labute approximate surface area is 136 Å². The molecule has 0 radical (unpaired) electrons. The lowest BCUT2D eigenvalue weighted by Crippen LogP contribution is -1.99. The quantitative estimate of drug-likeness (QED) is 0.391. The van der Waals surface area contributed by atoms with Crippen LogP contribution in [0.1, 0.15) is 22.5 Å². The summed E-state index contributed by atoms with van der Waals surface area (Å²) in [6, 6.07) is 3.54. The summed E-state index contributed by atoms with van der Waals surface area (Å²) in [7, 11) is 0. The molecule has 22 heavy (non-hydrogen) atoms. The second kappa shape index (κ2) is 5.89. The molecule has 5 heteroatoms. The van der Waals surface area contributed by atoms with Crippen LogP contribution in [0.15, 0.2) is 25.8 Å². The van der Waals surface area contributed by atoms with E-state index in [1.54, 1.807) is 0 Å². The van der Waals surface area contributed by atoms with Crippen LogP contribution in [0.3, 0.4) is 0 Å². The summed E-state index contributed by atoms with van der Waals surface area (Å²) in [6.45, 7) is 6.91. The first-order valence-electron chi connectivity index (χ1n) is 7.12. The van der Waals surface area contributed by atoms with E-state index in [9.17, 15) is 4.79 Å². The van der Waals surface area contributed by atoms with Gasteiger partial charge in [-0.2, -0.15) is 0 Å². The van der Waals surface area contributed by atoms with Gasteiger partial charge in [-0.15, -0.1) is 0 Å². The number of halogens is 1. The van der Waals surface area contributed by atoms with Crippen LogP contribution in [0.25, 0.3) is 21.9 Å². The van der Waals surface area contributed by atoms with E-state index in [2.05, 4.69) is 15.9 Å². The highest BCUT2D eigenvalue weighted by molar-refractivity contribution is 9.09. The van der Waals surface area contributed by atoms with E-state index < -0.39 is 0 Å². The predicted octanol–water partition coefficient (Wildman–Crippen LogP) is 4.38. The second-order valence-electron chi connectivity index (χ2n) is 5.38. The summed E-state index contributed by atoms with van der Waals surface area (Å²) in [5.41, 5.74) is 3.82. The summed E-state index contributed by atoms with van der Waals surface area (Å²) in [5, 5.41) is 2.76. The average molecular weight is 365 g/mol. The molecule has 0 aliphatic carbocycles. The second-order valence-corrected chi connectivity index (χ2v) is 6.17. The fraction of sp³-hybridized carbons (Fsp3) is 0.353. The molecule has 0 amide bonds. The van der Waals surface area contributed by atoms with E-state index in [0.29, 0.717) is 18.8 Å². The number of rotatable bonds is 4. The van der Waals surface area contributed by atoms with Crippen LogP contribution in [0, 0.1) is 20.8 Å². The molecule has 0 aliphatic heterocycles. The Bertz CT molecular complexity index is 905. The maximum atomic E-state index is 11.6. The van der Waals surface area contributed by atoms with Gasteiger partial charge in [0.05, 0.1) is 13.2 Å². The Morgan fingerprint density at radius 3 is 2.55 bits per heavy atom. The largest absolute Gasteiger partial charge is 0.461 e. The smallest absolute Gasteiger partial charge is 0.336 e. The van der Waals surface area contributed by atoms with E-state index in [1.165, 1.54) is 6.07 Å². The molecule has 2 heterocycles. The van der Waals surface area contributed by atoms with Crippen LogP contribution >= 0.6 is 15.9 Å². The van der Waals surface area contributed by atoms with Gasteiger partial charge in [0.1, 0.15) is 16.9 Å². The molecule has 0 atom stereocenters. The Kier molecular flexibility index (Phi) is 4.10. The van der Waals surface area contributed by atoms with Gasteiger partial charge in [0.25, 0.3) is 0 Å². The van der Waals surface area contributed by atoms with Crippen molar-refractivity contribution in [1.82, 2.24) is 0 Å². The maximum absolute atomic E-state index is 11.6. The summed E-state index contributed by atoms with van der Waals surface area (Å²) in [5.74, 6) is 0.836. The highest BCUT2D eigenvalue weighted by Gasteiger charge is 2.17. The summed E-state index contributed by atoms with van der Waals surface area (Å²) >= 11 is 3.35. The first kappa shape index (κ1) is 15.3. The van der Waals surface area contributed by atoms with Gasteiger partial charge in [-0.05, 0) is 32.4 Å². The van der Waals surface area contributed by atoms with E-state index in [4.69, 9.17) is 13.6 Å². The first-order valence-corrected chi connectivity index (χ1v) is 8.24. The minimum atomic E-state index is -0.336.